The number of hydrogen-bond acceptors (Lipinski definition) is 0. The first-order valence-electron chi connectivity index (χ1n) is 6.32. The molecular weight excluding hydrogens is 260 g/mol. The summed E-state index contributed by atoms with van der Waals surface area (Å²) in [5.74, 6) is 2.51. The summed E-state index contributed by atoms with van der Waals surface area (Å²) in [6, 6.07) is 6.80. The molecule has 1 aliphatic carbocycles. The lowest BCUT2D eigenvalue weighted by molar-refractivity contribution is 0.268. The summed E-state index contributed by atoms with van der Waals surface area (Å²) in [4.78, 5) is 0. The van der Waals surface area contributed by atoms with E-state index in [1.54, 1.807) is 0 Å². The molecule has 1 heteroatoms. The summed E-state index contributed by atoms with van der Waals surface area (Å²) in [6.45, 7) is 6.94. The molecule has 88 valence electrons. The second-order valence-corrected chi connectivity index (χ2v) is 6.49. The van der Waals surface area contributed by atoms with Gasteiger partial charge < -0.3 is 0 Å². The minimum Gasteiger partial charge on any atom is -0.0625 e. The number of aryl methyl sites for hydroxylation is 1. The third kappa shape index (κ3) is 2.68. The highest BCUT2D eigenvalue weighted by molar-refractivity contribution is 9.10. The number of rotatable bonds is 1. The van der Waals surface area contributed by atoms with Crippen LogP contribution in [0.4, 0.5) is 0 Å². The van der Waals surface area contributed by atoms with Gasteiger partial charge in [-0.15, -0.1) is 0 Å². The van der Waals surface area contributed by atoms with E-state index in [0.717, 1.165) is 17.8 Å². The minimum absolute atomic E-state index is 0.758. The Bertz CT molecular complexity index is 360. The van der Waals surface area contributed by atoms with Gasteiger partial charge in [0.05, 0.1) is 0 Å². The van der Waals surface area contributed by atoms with Crippen LogP contribution in [0.15, 0.2) is 22.7 Å². The maximum absolute atomic E-state index is 3.72. The second kappa shape index (κ2) is 4.91. The Balaban J connectivity index is 2.23. The second-order valence-electron chi connectivity index (χ2n) is 5.64. The van der Waals surface area contributed by atoms with E-state index < -0.39 is 0 Å². The molecule has 1 aliphatic rings. The van der Waals surface area contributed by atoms with Crippen LogP contribution in [0.5, 0.6) is 0 Å². The lowest BCUT2D eigenvalue weighted by Crippen LogP contribution is -2.18. The average molecular weight is 281 g/mol. The lowest BCUT2D eigenvalue weighted by Gasteiger charge is -2.32. The maximum atomic E-state index is 3.72. The molecule has 0 bridgehead atoms. The van der Waals surface area contributed by atoms with Crippen LogP contribution < -0.4 is 0 Å². The average Bonchev–Trinajstić information content (AvgIpc) is 2.15. The molecule has 0 saturated heterocycles. The molecule has 0 heterocycles. The fraction of sp³-hybridized carbons (Fsp3) is 0.600. The molecule has 0 aliphatic heterocycles. The van der Waals surface area contributed by atoms with Gasteiger partial charge in [0.2, 0.25) is 0 Å². The Morgan fingerprint density at radius 3 is 2.25 bits per heavy atom. The van der Waals surface area contributed by atoms with Crippen LogP contribution >= 0.6 is 15.9 Å². The Labute approximate surface area is 108 Å². The van der Waals surface area contributed by atoms with Crippen LogP contribution in [-0.2, 0) is 0 Å². The van der Waals surface area contributed by atoms with Crippen molar-refractivity contribution in [1.82, 2.24) is 0 Å². The molecule has 2 rings (SSSR count). The van der Waals surface area contributed by atoms with Crippen molar-refractivity contribution < 1.29 is 0 Å². The van der Waals surface area contributed by atoms with E-state index in [-0.39, 0.29) is 0 Å². The van der Waals surface area contributed by atoms with Gasteiger partial charge in [0, 0.05) is 4.47 Å². The largest absolute Gasteiger partial charge is 0.0625 e. The molecule has 0 spiro atoms. The van der Waals surface area contributed by atoms with E-state index in [9.17, 15) is 0 Å². The van der Waals surface area contributed by atoms with Crippen molar-refractivity contribution in [2.24, 2.45) is 11.8 Å². The van der Waals surface area contributed by atoms with Crippen LogP contribution in [0, 0.1) is 18.8 Å². The van der Waals surface area contributed by atoms with Gasteiger partial charge in [-0.3, -0.25) is 0 Å². The van der Waals surface area contributed by atoms with E-state index in [4.69, 9.17) is 0 Å². The number of halogens is 1. The zero-order chi connectivity index (χ0) is 11.7. The SMILES string of the molecule is Cc1ccc(C2CC(C)CC(C)C2)c(Br)c1. The van der Waals surface area contributed by atoms with Crippen LogP contribution in [0.2, 0.25) is 0 Å². The van der Waals surface area contributed by atoms with Gasteiger partial charge in [-0.1, -0.05) is 41.9 Å². The fourth-order valence-electron chi connectivity index (χ4n) is 3.16. The van der Waals surface area contributed by atoms with Gasteiger partial charge in [-0.2, -0.15) is 0 Å². The van der Waals surface area contributed by atoms with Crippen LogP contribution in [0.3, 0.4) is 0 Å². The molecule has 0 aromatic heterocycles. The molecular formula is C15H21Br. The maximum Gasteiger partial charge on any atom is 0.0212 e. The van der Waals surface area contributed by atoms with Crippen molar-refractivity contribution in [1.29, 1.82) is 0 Å². The van der Waals surface area contributed by atoms with E-state index in [1.165, 1.54) is 34.9 Å². The Morgan fingerprint density at radius 1 is 1.06 bits per heavy atom. The third-order valence-electron chi connectivity index (χ3n) is 3.77. The normalized spacial score (nSPS) is 30.4. The van der Waals surface area contributed by atoms with E-state index in [2.05, 4.69) is 54.9 Å². The molecule has 1 saturated carbocycles. The molecule has 1 aromatic rings. The molecule has 2 unspecified atom stereocenters. The molecule has 0 N–H and O–H groups in total. The molecule has 0 amide bonds. The monoisotopic (exact) mass is 280 g/mol. The fourth-order valence-corrected chi connectivity index (χ4v) is 3.98. The predicted octanol–water partition coefficient (Wildman–Crippen LogP) is 5.30. The zero-order valence-corrected chi connectivity index (χ0v) is 12.0. The topological polar surface area (TPSA) is 0 Å². The summed E-state index contributed by atoms with van der Waals surface area (Å²) in [6.07, 6.45) is 4.11. The van der Waals surface area contributed by atoms with Crippen LogP contribution in [-0.4, -0.2) is 0 Å². The van der Waals surface area contributed by atoms with Crippen molar-refractivity contribution in [2.45, 2.75) is 46.0 Å². The predicted molar refractivity (Wildman–Crippen MR) is 73.8 cm³/mol. The first-order valence-corrected chi connectivity index (χ1v) is 7.11. The van der Waals surface area contributed by atoms with Crippen molar-refractivity contribution in [3.8, 4) is 0 Å². The lowest BCUT2D eigenvalue weighted by atomic mass is 9.74. The summed E-state index contributed by atoms with van der Waals surface area (Å²) < 4.78 is 1.30. The molecule has 1 aromatic carbocycles. The Hall–Kier alpha value is -0.300. The highest BCUT2D eigenvalue weighted by atomic mass is 79.9. The molecule has 2 atom stereocenters. The van der Waals surface area contributed by atoms with Crippen molar-refractivity contribution in [2.75, 3.05) is 0 Å². The highest BCUT2D eigenvalue weighted by Gasteiger charge is 2.26. The Morgan fingerprint density at radius 2 is 1.69 bits per heavy atom. The number of benzene rings is 1. The van der Waals surface area contributed by atoms with Gasteiger partial charge >= 0.3 is 0 Å². The minimum atomic E-state index is 0.758. The Kier molecular flexibility index (Phi) is 3.73. The molecule has 0 nitrogen and oxygen atoms in total. The van der Waals surface area contributed by atoms with E-state index in [1.807, 2.05) is 0 Å². The molecule has 16 heavy (non-hydrogen) atoms. The van der Waals surface area contributed by atoms with Gasteiger partial charge in [0.15, 0.2) is 0 Å². The summed E-state index contributed by atoms with van der Waals surface area (Å²) in [7, 11) is 0. The summed E-state index contributed by atoms with van der Waals surface area (Å²) in [5.41, 5.74) is 2.86. The smallest absolute Gasteiger partial charge is 0.0212 e. The summed E-state index contributed by atoms with van der Waals surface area (Å²) in [5, 5.41) is 0. The van der Waals surface area contributed by atoms with Gasteiger partial charge in [-0.25, -0.2) is 0 Å². The van der Waals surface area contributed by atoms with Gasteiger partial charge in [0.25, 0.3) is 0 Å². The third-order valence-corrected chi connectivity index (χ3v) is 4.46. The van der Waals surface area contributed by atoms with Gasteiger partial charge in [0.1, 0.15) is 0 Å². The van der Waals surface area contributed by atoms with Crippen molar-refractivity contribution >= 4 is 15.9 Å². The quantitative estimate of drug-likeness (QED) is 0.655. The summed E-state index contributed by atoms with van der Waals surface area (Å²) >= 11 is 3.72. The molecule has 0 radical (unpaired) electrons. The van der Waals surface area contributed by atoms with E-state index in [0.29, 0.717) is 0 Å². The standard InChI is InChI=1S/C15H21Br/c1-10-4-5-14(15(16)9-10)13-7-11(2)6-12(3)8-13/h4-5,9,11-13H,6-8H2,1-3H3. The van der Waals surface area contributed by atoms with Gasteiger partial charge in [-0.05, 0) is 61.1 Å². The van der Waals surface area contributed by atoms with Crippen molar-refractivity contribution in [3.05, 3.63) is 33.8 Å². The highest BCUT2D eigenvalue weighted by Crippen LogP contribution is 2.41. The first-order chi connectivity index (χ1) is 7.56. The number of hydrogen-bond donors (Lipinski definition) is 0. The molecule has 1 fully saturated rings. The van der Waals surface area contributed by atoms with Crippen molar-refractivity contribution in [3.63, 3.8) is 0 Å². The van der Waals surface area contributed by atoms with Crippen LogP contribution in [0.25, 0.3) is 0 Å². The van der Waals surface area contributed by atoms with E-state index >= 15 is 0 Å². The zero-order valence-electron chi connectivity index (χ0n) is 10.5. The van der Waals surface area contributed by atoms with Crippen LogP contribution in [0.1, 0.15) is 50.2 Å². The first kappa shape index (κ1) is 12.2.